The van der Waals surface area contributed by atoms with E-state index in [1.54, 1.807) is 135 Å². The normalized spacial score (nSPS) is 16.3. The van der Waals surface area contributed by atoms with Crippen LogP contribution >= 0.6 is 0 Å². The van der Waals surface area contributed by atoms with E-state index in [9.17, 15) is 47.6 Å². The van der Waals surface area contributed by atoms with E-state index in [1.807, 2.05) is 11.0 Å². The van der Waals surface area contributed by atoms with Crippen molar-refractivity contribution in [3.63, 3.8) is 0 Å². The predicted octanol–water partition coefficient (Wildman–Crippen LogP) is 5.75. The molecule has 408 valence electrons. The Hall–Kier alpha value is -9.52. The highest BCUT2D eigenvalue weighted by Gasteiger charge is 2.47. The van der Waals surface area contributed by atoms with Crippen LogP contribution in [0.5, 0.6) is 11.5 Å². The maximum atomic E-state index is 13.9. The van der Waals surface area contributed by atoms with E-state index in [2.05, 4.69) is 36.6 Å². The van der Waals surface area contributed by atoms with E-state index in [1.165, 1.54) is 12.3 Å². The molecule has 2 fully saturated rings. The number of carbonyl (C=O) groups is 7. The molecule has 5 N–H and O–H groups in total. The van der Waals surface area contributed by atoms with Gasteiger partial charge in [-0.1, -0.05) is 6.07 Å². The quantitative estimate of drug-likeness (QED) is 0.0509. The summed E-state index contributed by atoms with van der Waals surface area (Å²) in [5, 5.41) is 23.6. The summed E-state index contributed by atoms with van der Waals surface area (Å²) in [6.07, 6.45) is 4.76. The number of benzene rings is 4. The molecule has 79 heavy (non-hydrogen) atoms. The number of nitrogens with one attached hydrogen (secondary N) is 5. The zero-order chi connectivity index (χ0) is 56.1. The number of nitriles is 1. The smallest absolute Gasteiger partial charge is 0.268 e. The largest absolute Gasteiger partial charge is 0.494 e. The third kappa shape index (κ3) is 14.5. The first-order chi connectivity index (χ1) is 38.0. The standard InChI is InChI=1S/C57H57F2N11O9/c1-68(41-15-20-48-46(29-41)45(21-23-62-48)55(76)65-34-51(73)70-35-57(58,59)31-42(70)32-60)26-24-63-53(74)36-7-13-40(14-8-36)67-54(75)37-9-11-39(12-10-37)66-49(71)6-4-27-78-43-16-18-44(19-17-43)79-28-25-64-56(77)47-30-50(72)69(2)52(47)38-5-3-22-61-33-38/h3,5,7-23,29,33,42,47,52H,4,6,24-28,30-31,34-35H2,1-2H3,(H,63,74)(H,64,77)(H,65,76)(H,66,71)(H,67,75)/t42-,47+,52-/m1/s1. The molecule has 8 rings (SSSR count). The first-order valence-corrected chi connectivity index (χ1v) is 25.4. The molecule has 0 aliphatic carbocycles. The van der Waals surface area contributed by atoms with Crippen molar-refractivity contribution in [2.45, 2.75) is 43.7 Å². The van der Waals surface area contributed by atoms with Crippen molar-refractivity contribution in [3.8, 4) is 17.6 Å². The summed E-state index contributed by atoms with van der Waals surface area (Å²) in [7, 11) is 3.50. The minimum Gasteiger partial charge on any atom is -0.494 e. The summed E-state index contributed by atoms with van der Waals surface area (Å²) in [4.78, 5) is 103. The highest BCUT2D eigenvalue weighted by molar-refractivity contribution is 6.08. The Bertz CT molecular complexity index is 3240. The zero-order valence-corrected chi connectivity index (χ0v) is 43.2. The number of carbonyl (C=O) groups excluding carboxylic acids is 7. The Balaban J connectivity index is 0.700. The van der Waals surface area contributed by atoms with Gasteiger partial charge >= 0.3 is 0 Å². The van der Waals surface area contributed by atoms with Gasteiger partial charge in [0.05, 0.1) is 55.4 Å². The van der Waals surface area contributed by atoms with Crippen LogP contribution in [0.25, 0.3) is 10.9 Å². The van der Waals surface area contributed by atoms with Crippen LogP contribution in [0.1, 0.15) is 68.4 Å². The van der Waals surface area contributed by atoms with Crippen LogP contribution in [-0.4, -0.2) is 133 Å². The zero-order valence-electron chi connectivity index (χ0n) is 43.2. The van der Waals surface area contributed by atoms with Crippen LogP contribution in [0.2, 0.25) is 0 Å². The van der Waals surface area contributed by atoms with Crippen molar-refractivity contribution >= 4 is 69.3 Å². The van der Waals surface area contributed by atoms with Gasteiger partial charge in [0.25, 0.3) is 23.6 Å². The molecule has 0 bridgehead atoms. The fourth-order valence-corrected chi connectivity index (χ4v) is 9.16. The second-order valence-electron chi connectivity index (χ2n) is 18.9. The van der Waals surface area contributed by atoms with Gasteiger partial charge in [-0.3, -0.25) is 43.5 Å². The number of amides is 7. The van der Waals surface area contributed by atoms with Gasteiger partial charge in [0.1, 0.15) is 24.1 Å². The van der Waals surface area contributed by atoms with Gasteiger partial charge in [0.2, 0.25) is 23.6 Å². The number of pyridine rings is 2. The SMILES string of the molecule is CN(CCNC(=O)c1ccc(NC(=O)c2ccc(NC(=O)CCCOc3ccc(OCCNC(=O)[C@H]4CC(=O)N(C)[C@@H]4c4cccnc4)cc3)cc2)cc1)c1ccc2nccc(C(=O)NCC(=O)N3CC(F)(F)C[C@@H]3C#N)c2c1. The van der Waals surface area contributed by atoms with Crippen LogP contribution < -0.4 is 41.0 Å². The topological polar surface area (TPSA) is 257 Å². The Kier molecular flexibility index (Phi) is 18.0. The molecule has 0 unspecified atom stereocenters. The Labute approximate surface area is 453 Å². The summed E-state index contributed by atoms with van der Waals surface area (Å²) in [5.41, 5.74) is 3.90. The summed E-state index contributed by atoms with van der Waals surface area (Å²) in [6, 6.07) is 30.2. The molecule has 2 aliphatic heterocycles. The van der Waals surface area contributed by atoms with Gasteiger partial charge in [0, 0.05) is 98.6 Å². The molecule has 6 aromatic rings. The second kappa shape index (κ2) is 25.5. The average Bonchev–Trinajstić information content (AvgIpc) is 4.12. The molecule has 3 atom stereocenters. The summed E-state index contributed by atoms with van der Waals surface area (Å²) >= 11 is 0. The molecule has 4 heterocycles. The fourth-order valence-electron chi connectivity index (χ4n) is 9.16. The lowest BCUT2D eigenvalue weighted by atomic mass is 9.94. The molecule has 2 aromatic heterocycles. The van der Waals surface area contributed by atoms with Crippen molar-refractivity contribution in [2.75, 3.05) is 75.6 Å². The number of hydrogen-bond donors (Lipinski definition) is 5. The maximum absolute atomic E-state index is 13.9. The third-order valence-electron chi connectivity index (χ3n) is 13.4. The van der Waals surface area contributed by atoms with E-state index in [0.717, 1.165) is 10.5 Å². The van der Waals surface area contributed by atoms with E-state index in [-0.39, 0.29) is 67.8 Å². The number of hydrogen-bond acceptors (Lipinski definition) is 13. The molecule has 2 saturated heterocycles. The predicted molar refractivity (Wildman–Crippen MR) is 287 cm³/mol. The van der Waals surface area contributed by atoms with Gasteiger partial charge in [-0.05, 0) is 115 Å². The van der Waals surface area contributed by atoms with Crippen molar-refractivity contribution in [1.29, 1.82) is 5.26 Å². The molecule has 7 amide bonds. The molecular formula is C57H57F2N11O9. The number of rotatable bonds is 22. The number of fused-ring (bicyclic) bond motifs is 1. The first-order valence-electron chi connectivity index (χ1n) is 25.4. The third-order valence-corrected chi connectivity index (χ3v) is 13.4. The lowest BCUT2D eigenvalue weighted by Crippen LogP contribution is -2.43. The number of anilines is 3. The van der Waals surface area contributed by atoms with Crippen LogP contribution in [0.3, 0.4) is 0 Å². The average molecular weight is 1080 g/mol. The Morgan fingerprint density at radius 1 is 0.797 bits per heavy atom. The molecule has 0 saturated carbocycles. The number of ether oxygens (including phenoxy) is 2. The fraction of sp³-hybridized carbons (Fsp3) is 0.298. The number of likely N-dealkylation sites (N-methyl/N-ethyl adjacent to an activating group) is 1. The van der Waals surface area contributed by atoms with E-state index in [0.29, 0.717) is 70.2 Å². The van der Waals surface area contributed by atoms with E-state index >= 15 is 0 Å². The number of nitrogens with zero attached hydrogens (tertiary/aromatic N) is 6. The van der Waals surface area contributed by atoms with Gasteiger partial charge in [-0.15, -0.1) is 0 Å². The molecular weight excluding hydrogens is 1020 g/mol. The number of aromatic nitrogens is 2. The van der Waals surface area contributed by atoms with Gasteiger partial charge in [-0.25, -0.2) is 8.78 Å². The minimum atomic E-state index is -3.18. The van der Waals surface area contributed by atoms with Crippen LogP contribution in [-0.2, 0) is 19.2 Å². The van der Waals surface area contributed by atoms with Crippen LogP contribution in [0.15, 0.2) is 128 Å². The highest BCUT2D eigenvalue weighted by atomic mass is 19.3. The molecule has 0 spiro atoms. The minimum absolute atomic E-state index is 0.0986. The highest BCUT2D eigenvalue weighted by Crippen LogP contribution is 2.37. The van der Waals surface area contributed by atoms with Crippen molar-refractivity contribution < 1.29 is 51.8 Å². The second-order valence-corrected chi connectivity index (χ2v) is 18.9. The Morgan fingerprint density at radius 3 is 2.16 bits per heavy atom. The number of likely N-dealkylation sites (tertiary alicyclic amines) is 2. The first kappa shape index (κ1) is 55.7. The summed E-state index contributed by atoms with van der Waals surface area (Å²) < 4.78 is 39.3. The molecule has 0 radical (unpaired) electrons. The van der Waals surface area contributed by atoms with Crippen molar-refractivity contribution in [3.05, 3.63) is 150 Å². The van der Waals surface area contributed by atoms with E-state index < -0.39 is 55.1 Å². The molecule has 4 aromatic carbocycles. The molecule has 20 nitrogen and oxygen atoms in total. The van der Waals surface area contributed by atoms with Crippen LogP contribution in [0, 0.1) is 17.2 Å². The maximum Gasteiger partial charge on any atom is 0.268 e. The van der Waals surface area contributed by atoms with Crippen LogP contribution in [0.4, 0.5) is 25.8 Å². The van der Waals surface area contributed by atoms with E-state index in [4.69, 9.17) is 9.47 Å². The van der Waals surface area contributed by atoms with Crippen molar-refractivity contribution in [2.24, 2.45) is 5.92 Å². The summed E-state index contributed by atoms with van der Waals surface area (Å²) in [6.45, 7) is -0.0599. The molecule has 22 heteroatoms. The monoisotopic (exact) mass is 1080 g/mol. The number of alkyl halides is 2. The lowest BCUT2D eigenvalue weighted by molar-refractivity contribution is -0.131. The lowest BCUT2D eigenvalue weighted by Gasteiger charge is -2.24. The number of halogens is 2. The van der Waals surface area contributed by atoms with Crippen molar-refractivity contribution in [1.82, 2.24) is 35.7 Å². The summed E-state index contributed by atoms with van der Waals surface area (Å²) in [5.74, 6) is -5.22. The van der Waals surface area contributed by atoms with Gasteiger partial charge in [0.15, 0.2) is 0 Å². The Morgan fingerprint density at radius 2 is 1.48 bits per heavy atom. The molecule has 2 aliphatic rings. The van der Waals surface area contributed by atoms with Gasteiger partial charge in [-0.2, -0.15) is 5.26 Å². The van der Waals surface area contributed by atoms with Gasteiger partial charge < -0.3 is 50.8 Å².